The zero-order valence-electron chi connectivity index (χ0n) is 13.6. The van der Waals surface area contributed by atoms with Gasteiger partial charge >= 0.3 is 0 Å². The number of methoxy groups -OCH3 is 1. The van der Waals surface area contributed by atoms with Crippen molar-refractivity contribution >= 4 is 17.3 Å². The molecule has 0 spiro atoms. The number of thiazole rings is 1. The Morgan fingerprint density at radius 2 is 2.38 bits per heavy atom. The molecule has 1 N–H and O–H groups in total. The van der Waals surface area contributed by atoms with E-state index in [4.69, 9.17) is 4.74 Å². The van der Waals surface area contributed by atoms with Crippen molar-refractivity contribution in [2.24, 2.45) is 4.99 Å². The first-order chi connectivity index (χ1) is 10.1. The van der Waals surface area contributed by atoms with Crippen LogP contribution in [-0.4, -0.2) is 43.6 Å². The van der Waals surface area contributed by atoms with E-state index in [1.807, 2.05) is 20.9 Å². The van der Waals surface area contributed by atoms with Crippen molar-refractivity contribution < 1.29 is 4.74 Å². The van der Waals surface area contributed by atoms with Crippen molar-refractivity contribution in [1.29, 1.82) is 0 Å². The van der Waals surface area contributed by atoms with E-state index in [1.54, 1.807) is 25.5 Å². The summed E-state index contributed by atoms with van der Waals surface area (Å²) in [6, 6.07) is 0. The number of guanidine groups is 1. The number of ether oxygens (including phenoxy) is 1. The van der Waals surface area contributed by atoms with Crippen molar-refractivity contribution in [2.75, 3.05) is 27.7 Å². The first-order valence-corrected chi connectivity index (χ1v) is 8.00. The maximum Gasteiger partial charge on any atom is 0.193 e. The van der Waals surface area contributed by atoms with Gasteiger partial charge in [0.1, 0.15) is 11.1 Å². The maximum atomic E-state index is 5.29. The zero-order valence-corrected chi connectivity index (χ0v) is 14.4. The number of nitrogens with one attached hydrogen (secondary N) is 1. The number of hydrogen-bond acceptors (Lipinski definition) is 4. The third-order valence-corrected chi connectivity index (χ3v) is 4.13. The summed E-state index contributed by atoms with van der Waals surface area (Å²) >= 11 is 1.64. The van der Waals surface area contributed by atoms with Gasteiger partial charge in [-0.05, 0) is 20.3 Å². The van der Waals surface area contributed by atoms with Gasteiger partial charge in [0.15, 0.2) is 5.96 Å². The monoisotopic (exact) mass is 310 g/mol. The lowest BCUT2D eigenvalue weighted by atomic mass is 10.4. The summed E-state index contributed by atoms with van der Waals surface area (Å²) in [4.78, 5) is 11.0. The molecule has 21 heavy (non-hydrogen) atoms. The molecule has 0 radical (unpaired) electrons. The molecule has 0 bridgehead atoms. The molecule has 6 heteroatoms. The molecule has 1 unspecified atom stereocenters. The van der Waals surface area contributed by atoms with E-state index in [1.165, 1.54) is 0 Å². The maximum absolute atomic E-state index is 5.29. The predicted octanol–water partition coefficient (Wildman–Crippen LogP) is 2.82. The Bertz CT molecular complexity index is 470. The van der Waals surface area contributed by atoms with Crippen LogP contribution in [0, 0.1) is 0 Å². The summed E-state index contributed by atoms with van der Waals surface area (Å²) in [5.74, 6) is 0.883. The fourth-order valence-electron chi connectivity index (χ4n) is 1.82. The molecule has 0 aromatic carbocycles. The van der Waals surface area contributed by atoms with Crippen LogP contribution >= 0.6 is 11.3 Å². The average molecular weight is 310 g/mol. The normalized spacial score (nSPS) is 13.7. The minimum atomic E-state index is 0.0484. The van der Waals surface area contributed by atoms with Crippen molar-refractivity contribution in [2.45, 2.75) is 32.9 Å². The summed E-state index contributed by atoms with van der Waals surface area (Å²) in [5.41, 5.74) is 1.04. The molecular formula is C15H26N4OS. The largest absolute Gasteiger partial charge is 0.375 e. The summed E-state index contributed by atoms with van der Waals surface area (Å²) in [5, 5.41) is 6.43. The minimum absolute atomic E-state index is 0.0484. The number of hydrogen-bond donors (Lipinski definition) is 1. The van der Waals surface area contributed by atoms with E-state index < -0.39 is 0 Å². The molecule has 1 aromatic rings. The molecule has 0 aliphatic carbocycles. The summed E-state index contributed by atoms with van der Waals surface area (Å²) < 4.78 is 5.29. The van der Waals surface area contributed by atoms with Crippen LogP contribution in [0.1, 0.15) is 37.1 Å². The molecule has 1 aromatic heterocycles. The lowest BCUT2D eigenvalue weighted by molar-refractivity contribution is 0.119. The number of allylic oxidation sites excluding steroid dienone is 1. The van der Waals surface area contributed by atoms with Gasteiger partial charge in [-0.3, -0.25) is 4.99 Å². The smallest absolute Gasteiger partial charge is 0.193 e. The second-order valence-electron chi connectivity index (χ2n) is 4.74. The average Bonchev–Trinajstić information content (AvgIpc) is 2.95. The number of nitrogens with zero attached hydrogens (tertiary/aromatic N) is 3. The van der Waals surface area contributed by atoms with Gasteiger partial charge in [0, 0.05) is 33.1 Å². The molecule has 0 amide bonds. The van der Waals surface area contributed by atoms with E-state index in [0.717, 1.165) is 36.2 Å². The first kappa shape index (κ1) is 17.7. The van der Waals surface area contributed by atoms with Gasteiger partial charge < -0.3 is 15.0 Å². The van der Waals surface area contributed by atoms with E-state index in [2.05, 4.69) is 37.7 Å². The third-order valence-electron chi connectivity index (χ3n) is 3.07. The third kappa shape index (κ3) is 5.85. The zero-order chi connectivity index (χ0) is 15.7. The lowest BCUT2D eigenvalue weighted by Gasteiger charge is -2.21. The Labute approximate surface area is 131 Å². The molecule has 1 atom stereocenters. The van der Waals surface area contributed by atoms with Gasteiger partial charge in [-0.2, -0.15) is 0 Å². The van der Waals surface area contributed by atoms with E-state index in [-0.39, 0.29) is 6.10 Å². The quantitative estimate of drug-likeness (QED) is 0.364. The van der Waals surface area contributed by atoms with Gasteiger partial charge in [-0.15, -0.1) is 11.3 Å². The van der Waals surface area contributed by atoms with Crippen molar-refractivity contribution in [3.8, 4) is 0 Å². The van der Waals surface area contributed by atoms with Crippen LogP contribution in [0.3, 0.4) is 0 Å². The van der Waals surface area contributed by atoms with E-state index in [0.29, 0.717) is 0 Å². The van der Waals surface area contributed by atoms with Gasteiger partial charge in [0.25, 0.3) is 0 Å². The highest BCUT2D eigenvalue weighted by molar-refractivity contribution is 7.09. The van der Waals surface area contributed by atoms with E-state index >= 15 is 0 Å². The van der Waals surface area contributed by atoms with Crippen molar-refractivity contribution in [1.82, 2.24) is 15.2 Å². The van der Waals surface area contributed by atoms with Crippen LogP contribution in [0.25, 0.3) is 0 Å². The number of rotatable bonds is 7. The molecule has 0 saturated heterocycles. The summed E-state index contributed by atoms with van der Waals surface area (Å²) in [6.07, 6.45) is 5.24. The van der Waals surface area contributed by atoms with Gasteiger partial charge in [-0.1, -0.05) is 12.2 Å². The fourth-order valence-corrected chi connectivity index (χ4v) is 2.66. The molecule has 0 saturated carbocycles. The molecule has 118 valence electrons. The van der Waals surface area contributed by atoms with Crippen LogP contribution < -0.4 is 5.32 Å². The standard InChI is InChI=1S/C15H26N4OS/c1-6-7-8-9-17-15(16-3)19(4)10-13-11-21-14(18-13)12(2)20-5/h6-7,11-12H,8-10H2,1-5H3,(H,16,17)/b7-6+. The van der Waals surface area contributed by atoms with Crippen molar-refractivity contribution in [3.05, 3.63) is 28.2 Å². The molecule has 5 nitrogen and oxygen atoms in total. The Balaban J connectivity index is 2.53. The van der Waals surface area contributed by atoms with Crippen LogP contribution in [-0.2, 0) is 11.3 Å². The van der Waals surface area contributed by atoms with E-state index in [9.17, 15) is 0 Å². The molecule has 1 heterocycles. The topological polar surface area (TPSA) is 49.8 Å². The van der Waals surface area contributed by atoms with Gasteiger partial charge in [-0.25, -0.2) is 4.98 Å². The van der Waals surface area contributed by atoms with Crippen LogP contribution in [0.5, 0.6) is 0 Å². The van der Waals surface area contributed by atoms with Crippen LogP contribution in [0.15, 0.2) is 22.5 Å². The fraction of sp³-hybridized carbons (Fsp3) is 0.600. The molecule has 1 rings (SSSR count). The van der Waals surface area contributed by atoms with Crippen molar-refractivity contribution in [3.63, 3.8) is 0 Å². The van der Waals surface area contributed by atoms with Crippen LogP contribution in [0.2, 0.25) is 0 Å². The Morgan fingerprint density at radius 1 is 1.62 bits per heavy atom. The Hall–Kier alpha value is -1.40. The molecular weight excluding hydrogens is 284 g/mol. The van der Waals surface area contributed by atoms with Gasteiger partial charge in [0.05, 0.1) is 12.2 Å². The summed E-state index contributed by atoms with van der Waals surface area (Å²) in [6.45, 7) is 5.65. The van der Waals surface area contributed by atoms with Gasteiger partial charge in [0.2, 0.25) is 0 Å². The first-order valence-electron chi connectivity index (χ1n) is 7.12. The number of aliphatic imine (C=N–C) groups is 1. The lowest BCUT2D eigenvalue weighted by Crippen LogP contribution is -2.38. The molecule has 0 aliphatic heterocycles. The second kappa shape index (κ2) is 9.52. The molecule has 0 aliphatic rings. The highest BCUT2D eigenvalue weighted by Crippen LogP contribution is 2.20. The highest BCUT2D eigenvalue weighted by atomic mass is 32.1. The summed E-state index contributed by atoms with van der Waals surface area (Å²) in [7, 11) is 5.52. The highest BCUT2D eigenvalue weighted by Gasteiger charge is 2.12. The Kier molecular flexibility index (Phi) is 8.00. The SMILES string of the molecule is C/C=C/CCNC(=NC)N(C)Cc1csc(C(C)OC)n1. The molecule has 0 fully saturated rings. The number of aromatic nitrogens is 1. The second-order valence-corrected chi connectivity index (χ2v) is 5.63. The van der Waals surface area contributed by atoms with Crippen LogP contribution in [0.4, 0.5) is 0 Å². The minimum Gasteiger partial charge on any atom is -0.375 e. The Morgan fingerprint density at radius 3 is 3.00 bits per heavy atom. The predicted molar refractivity (Wildman–Crippen MR) is 89.8 cm³/mol.